The summed E-state index contributed by atoms with van der Waals surface area (Å²) in [6, 6.07) is 7.90. The van der Waals surface area contributed by atoms with Crippen molar-refractivity contribution in [1.82, 2.24) is 9.80 Å². The maximum atomic E-state index is 6.43. The SMILES string of the molecule is CCCCN(CCCC)CCCOC1(CCN(CCCC)CCCC)Oc2ccc(cc2)O1. The second-order valence-corrected chi connectivity index (χ2v) is 9.41. The van der Waals surface area contributed by atoms with Crippen LogP contribution in [0, 0.1) is 0 Å². The van der Waals surface area contributed by atoms with Crippen LogP contribution < -0.4 is 9.47 Å². The van der Waals surface area contributed by atoms with Gasteiger partial charge in [0.2, 0.25) is 0 Å². The lowest BCUT2D eigenvalue weighted by Crippen LogP contribution is -2.48. The summed E-state index contributed by atoms with van der Waals surface area (Å²) in [6.45, 7) is 16.3. The van der Waals surface area contributed by atoms with Gasteiger partial charge in [0.05, 0.1) is 13.0 Å². The first kappa shape index (κ1) is 27.9. The van der Waals surface area contributed by atoms with Gasteiger partial charge in [0, 0.05) is 13.1 Å². The largest absolute Gasteiger partial charge is 0.430 e. The third kappa shape index (κ3) is 10.7. The molecule has 33 heavy (non-hydrogen) atoms. The quantitative estimate of drug-likeness (QED) is 0.201. The van der Waals surface area contributed by atoms with Crippen LogP contribution in [0.15, 0.2) is 24.3 Å². The van der Waals surface area contributed by atoms with Crippen molar-refractivity contribution in [2.24, 2.45) is 0 Å². The van der Waals surface area contributed by atoms with E-state index in [4.69, 9.17) is 14.2 Å². The second-order valence-electron chi connectivity index (χ2n) is 9.41. The van der Waals surface area contributed by atoms with Gasteiger partial charge in [0.15, 0.2) is 0 Å². The van der Waals surface area contributed by atoms with Crippen LogP contribution in [0.1, 0.15) is 91.9 Å². The van der Waals surface area contributed by atoms with Crippen molar-refractivity contribution in [2.45, 2.75) is 97.9 Å². The van der Waals surface area contributed by atoms with E-state index in [1.54, 1.807) is 0 Å². The molecule has 0 saturated heterocycles. The standard InChI is InChI=1S/C28H50N2O3/c1-5-9-19-29(20-10-6-2)23-13-25-31-28(32-26-14-15-27(33-28)17-16-26)18-24-30(21-11-7-3)22-12-8-4/h14-17H,5-13,18-25H2,1-4H3. The predicted molar refractivity (Wildman–Crippen MR) is 138 cm³/mol. The van der Waals surface area contributed by atoms with Crippen LogP contribution in [-0.4, -0.2) is 61.6 Å². The van der Waals surface area contributed by atoms with Crippen molar-refractivity contribution < 1.29 is 14.2 Å². The zero-order valence-corrected chi connectivity index (χ0v) is 21.9. The van der Waals surface area contributed by atoms with Crippen molar-refractivity contribution in [2.75, 3.05) is 45.9 Å². The Morgan fingerprint density at radius 1 is 0.606 bits per heavy atom. The normalized spacial score (nSPS) is 14.5. The lowest BCUT2D eigenvalue weighted by atomic mass is 10.2. The molecule has 2 aliphatic heterocycles. The minimum atomic E-state index is -1.04. The first-order valence-corrected chi connectivity index (χ1v) is 13.7. The van der Waals surface area contributed by atoms with Crippen molar-refractivity contribution in [3.05, 3.63) is 24.3 Å². The Bertz CT molecular complexity index is 567. The third-order valence-electron chi connectivity index (χ3n) is 6.36. The van der Waals surface area contributed by atoms with Gasteiger partial charge < -0.3 is 24.0 Å². The molecule has 1 aromatic rings. The summed E-state index contributed by atoms with van der Waals surface area (Å²) < 4.78 is 19.1. The summed E-state index contributed by atoms with van der Waals surface area (Å²) >= 11 is 0. The summed E-state index contributed by atoms with van der Waals surface area (Å²) in [7, 11) is 0. The van der Waals surface area contributed by atoms with E-state index in [0.29, 0.717) is 13.0 Å². The molecule has 5 heteroatoms. The molecule has 0 spiro atoms. The van der Waals surface area contributed by atoms with Gasteiger partial charge in [0.1, 0.15) is 11.5 Å². The number of unbranched alkanes of at least 4 members (excludes halogenated alkanes) is 4. The zero-order valence-electron chi connectivity index (χ0n) is 21.9. The van der Waals surface area contributed by atoms with Crippen molar-refractivity contribution >= 4 is 0 Å². The molecule has 2 heterocycles. The van der Waals surface area contributed by atoms with Crippen LogP contribution in [-0.2, 0) is 4.74 Å². The first-order valence-electron chi connectivity index (χ1n) is 13.7. The average Bonchev–Trinajstić information content (AvgIpc) is 3.12. The number of hydrogen-bond donors (Lipinski definition) is 0. The molecule has 2 aliphatic rings. The lowest BCUT2D eigenvalue weighted by Gasteiger charge is -2.34. The maximum Gasteiger partial charge on any atom is 0.372 e. The first-order chi connectivity index (χ1) is 16.1. The van der Waals surface area contributed by atoms with Gasteiger partial charge in [0.25, 0.3) is 0 Å². The number of benzene rings is 1. The molecule has 0 saturated carbocycles. The zero-order chi connectivity index (χ0) is 23.8. The average molecular weight is 463 g/mol. The Morgan fingerprint density at radius 3 is 1.42 bits per heavy atom. The molecule has 0 aliphatic carbocycles. The van der Waals surface area contributed by atoms with Gasteiger partial charge in [-0.1, -0.05) is 53.4 Å². The summed E-state index contributed by atoms with van der Waals surface area (Å²) in [5.74, 6) is 0.598. The van der Waals surface area contributed by atoms with Crippen LogP contribution in [0.3, 0.4) is 0 Å². The Balaban J connectivity index is 1.95. The minimum Gasteiger partial charge on any atom is -0.430 e. The number of fused-ring (bicyclic) bond motifs is 4. The van der Waals surface area contributed by atoms with E-state index < -0.39 is 5.97 Å². The molecule has 2 bridgehead atoms. The van der Waals surface area contributed by atoms with E-state index in [2.05, 4.69) is 37.5 Å². The van der Waals surface area contributed by atoms with E-state index in [1.807, 2.05) is 24.3 Å². The summed E-state index contributed by atoms with van der Waals surface area (Å²) in [6.07, 6.45) is 11.6. The molecule has 0 fully saturated rings. The smallest absolute Gasteiger partial charge is 0.372 e. The molecular formula is C28H50N2O3. The Hall–Kier alpha value is -1.30. The van der Waals surface area contributed by atoms with Crippen LogP contribution in [0.25, 0.3) is 0 Å². The summed E-state index contributed by atoms with van der Waals surface area (Å²) in [5, 5.41) is 0. The minimum absolute atomic E-state index is 0.638. The van der Waals surface area contributed by atoms with Crippen LogP contribution >= 0.6 is 0 Å². The molecule has 190 valence electrons. The highest BCUT2D eigenvalue weighted by atomic mass is 16.9. The van der Waals surface area contributed by atoms with Crippen molar-refractivity contribution in [1.29, 1.82) is 0 Å². The lowest BCUT2D eigenvalue weighted by molar-refractivity contribution is -0.304. The van der Waals surface area contributed by atoms with Crippen LogP contribution in [0.4, 0.5) is 0 Å². The third-order valence-corrected chi connectivity index (χ3v) is 6.36. The molecular weight excluding hydrogens is 412 g/mol. The number of rotatable bonds is 20. The molecule has 0 unspecified atom stereocenters. The van der Waals surface area contributed by atoms with Gasteiger partial charge in [-0.15, -0.1) is 0 Å². The Labute approximate surface area is 203 Å². The molecule has 0 amide bonds. The summed E-state index contributed by atoms with van der Waals surface area (Å²) in [4.78, 5) is 5.14. The van der Waals surface area contributed by atoms with Gasteiger partial charge in [-0.2, -0.15) is 0 Å². The monoisotopic (exact) mass is 462 g/mol. The van der Waals surface area contributed by atoms with Gasteiger partial charge in [-0.3, -0.25) is 0 Å². The Kier molecular flexibility index (Phi) is 13.8. The van der Waals surface area contributed by atoms with E-state index in [-0.39, 0.29) is 0 Å². The molecule has 3 rings (SSSR count). The number of ether oxygens (including phenoxy) is 3. The topological polar surface area (TPSA) is 34.2 Å². The predicted octanol–water partition coefficient (Wildman–Crippen LogP) is 6.71. The van der Waals surface area contributed by atoms with E-state index in [0.717, 1.165) is 44.1 Å². The molecule has 1 aromatic carbocycles. The van der Waals surface area contributed by atoms with Gasteiger partial charge >= 0.3 is 5.97 Å². The van der Waals surface area contributed by atoms with Crippen LogP contribution in [0.5, 0.6) is 11.5 Å². The highest BCUT2D eigenvalue weighted by molar-refractivity contribution is 5.33. The fraction of sp³-hybridized carbons (Fsp3) is 0.786. The molecule has 0 N–H and O–H groups in total. The van der Waals surface area contributed by atoms with Gasteiger partial charge in [-0.25, -0.2) is 0 Å². The fourth-order valence-corrected chi connectivity index (χ4v) is 4.20. The molecule has 0 aromatic heterocycles. The Morgan fingerprint density at radius 2 is 1.00 bits per heavy atom. The van der Waals surface area contributed by atoms with E-state index >= 15 is 0 Å². The highest BCUT2D eigenvalue weighted by Gasteiger charge is 2.39. The van der Waals surface area contributed by atoms with Crippen molar-refractivity contribution in [3.8, 4) is 11.5 Å². The molecule has 5 nitrogen and oxygen atoms in total. The van der Waals surface area contributed by atoms with Gasteiger partial charge in [-0.05, 0) is 82.5 Å². The summed E-state index contributed by atoms with van der Waals surface area (Å²) in [5.41, 5.74) is 0. The highest BCUT2D eigenvalue weighted by Crippen LogP contribution is 2.33. The van der Waals surface area contributed by atoms with Crippen LogP contribution in [0.2, 0.25) is 0 Å². The molecule has 0 radical (unpaired) electrons. The van der Waals surface area contributed by atoms with E-state index in [9.17, 15) is 0 Å². The number of hydrogen-bond acceptors (Lipinski definition) is 5. The van der Waals surface area contributed by atoms with Crippen molar-refractivity contribution in [3.63, 3.8) is 0 Å². The molecule has 0 atom stereocenters. The second kappa shape index (κ2) is 16.3. The number of nitrogens with zero attached hydrogens (tertiary/aromatic N) is 2. The fourth-order valence-electron chi connectivity index (χ4n) is 4.20. The van der Waals surface area contributed by atoms with E-state index in [1.165, 1.54) is 64.5 Å². The maximum absolute atomic E-state index is 6.43.